The standard InChI is InChI=1S/C8H13N3/c1-9-5-3-4-8-6-11(2)7-10-8/h3-4,6-7,9H,5H2,1-2H3. The molecule has 0 saturated carbocycles. The lowest BCUT2D eigenvalue weighted by atomic mass is 10.4. The molecule has 1 N–H and O–H groups in total. The average Bonchev–Trinajstić information content (AvgIpc) is 2.37. The van der Waals surface area contributed by atoms with Crippen LogP contribution in [0.15, 0.2) is 18.6 Å². The SMILES string of the molecule is CNCC=Cc1cn(C)cn1. The van der Waals surface area contributed by atoms with Gasteiger partial charge in [0.05, 0.1) is 12.0 Å². The van der Waals surface area contributed by atoms with Gasteiger partial charge in [0.1, 0.15) is 0 Å². The zero-order valence-corrected chi connectivity index (χ0v) is 6.91. The van der Waals surface area contributed by atoms with E-state index in [9.17, 15) is 0 Å². The number of aromatic nitrogens is 2. The fourth-order valence-corrected chi connectivity index (χ4v) is 0.817. The van der Waals surface area contributed by atoms with Crippen molar-refractivity contribution in [1.29, 1.82) is 0 Å². The van der Waals surface area contributed by atoms with Crippen molar-refractivity contribution in [3.63, 3.8) is 0 Å². The molecule has 0 spiro atoms. The molecule has 0 unspecified atom stereocenters. The van der Waals surface area contributed by atoms with Crippen LogP contribution in [-0.2, 0) is 7.05 Å². The first-order valence-electron chi connectivity index (χ1n) is 3.62. The topological polar surface area (TPSA) is 29.9 Å². The van der Waals surface area contributed by atoms with Crippen LogP contribution in [0.25, 0.3) is 6.08 Å². The highest BCUT2D eigenvalue weighted by Gasteiger charge is 1.87. The van der Waals surface area contributed by atoms with E-state index in [1.54, 1.807) is 6.33 Å². The second kappa shape index (κ2) is 3.93. The van der Waals surface area contributed by atoms with Crippen LogP contribution in [0.1, 0.15) is 5.69 Å². The Hall–Kier alpha value is -1.09. The third-order valence-electron chi connectivity index (χ3n) is 1.34. The van der Waals surface area contributed by atoms with Crippen LogP contribution in [0.5, 0.6) is 0 Å². The predicted molar refractivity (Wildman–Crippen MR) is 46.2 cm³/mol. The molecule has 0 aliphatic heterocycles. The van der Waals surface area contributed by atoms with Gasteiger partial charge < -0.3 is 9.88 Å². The van der Waals surface area contributed by atoms with Gasteiger partial charge in [-0.2, -0.15) is 0 Å². The monoisotopic (exact) mass is 151 g/mol. The second-order valence-electron chi connectivity index (χ2n) is 2.42. The Morgan fingerprint density at radius 2 is 2.55 bits per heavy atom. The highest BCUT2D eigenvalue weighted by atomic mass is 15.0. The molecule has 0 saturated heterocycles. The summed E-state index contributed by atoms with van der Waals surface area (Å²) in [5, 5.41) is 3.02. The molecular formula is C8H13N3. The Bertz CT molecular complexity index is 237. The molecule has 1 heterocycles. The highest BCUT2D eigenvalue weighted by Crippen LogP contribution is 1.95. The zero-order chi connectivity index (χ0) is 8.10. The molecule has 1 rings (SSSR count). The van der Waals surface area contributed by atoms with E-state index in [1.807, 2.05) is 37.0 Å². The van der Waals surface area contributed by atoms with E-state index in [0.29, 0.717) is 0 Å². The Morgan fingerprint density at radius 3 is 3.09 bits per heavy atom. The highest BCUT2D eigenvalue weighted by molar-refractivity contribution is 5.42. The summed E-state index contributed by atoms with van der Waals surface area (Å²) >= 11 is 0. The molecule has 1 aromatic heterocycles. The molecule has 0 aliphatic rings. The van der Waals surface area contributed by atoms with E-state index < -0.39 is 0 Å². The second-order valence-corrected chi connectivity index (χ2v) is 2.42. The summed E-state index contributed by atoms with van der Waals surface area (Å²) in [6, 6.07) is 0. The van der Waals surface area contributed by atoms with E-state index in [0.717, 1.165) is 12.2 Å². The van der Waals surface area contributed by atoms with Gasteiger partial charge in [-0.25, -0.2) is 4.98 Å². The van der Waals surface area contributed by atoms with E-state index in [2.05, 4.69) is 10.3 Å². The smallest absolute Gasteiger partial charge is 0.0950 e. The fourth-order valence-electron chi connectivity index (χ4n) is 0.817. The number of aryl methyl sites for hydroxylation is 1. The van der Waals surface area contributed by atoms with Gasteiger partial charge in [-0.3, -0.25) is 0 Å². The number of rotatable bonds is 3. The molecule has 11 heavy (non-hydrogen) atoms. The lowest BCUT2D eigenvalue weighted by Crippen LogP contribution is -2.03. The van der Waals surface area contributed by atoms with Crippen LogP contribution >= 0.6 is 0 Å². The molecule has 0 fully saturated rings. The minimum absolute atomic E-state index is 0.885. The van der Waals surface area contributed by atoms with Crippen LogP contribution in [0, 0.1) is 0 Å². The number of hydrogen-bond acceptors (Lipinski definition) is 2. The largest absolute Gasteiger partial charge is 0.340 e. The minimum atomic E-state index is 0.885. The summed E-state index contributed by atoms with van der Waals surface area (Å²) in [6.45, 7) is 0.885. The maximum Gasteiger partial charge on any atom is 0.0950 e. The number of nitrogens with one attached hydrogen (secondary N) is 1. The van der Waals surface area contributed by atoms with Gasteiger partial charge in [0, 0.05) is 19.8 Å². The molecule has 0 aromatic carbocycles. The Balaban J connectivity index is 2.50. The van der Waals surface area contributed by atoms with Crippen LogP contribution in [0.4, 0.5) is 0 Å². The van der Waals surface area contributed by atoms with Gasteiger partial charge in [0.2, 0.25) is 0 Å². The molecule has 60 valence electrons. The van der Waals surface area contributed by atoms with Crippen LogP contribution in [0.2, 0.25) is 0 Å². The first-order chi connectivity index (χ1) is 5.33. The van der Waals surface area contributed by atoms with Gasteiger partial charge in [0.25, 0.3) is 0 Å². The summed E-state index contributed by atoms with van der Waals surface area (Å²) in [4.78, 5) is 4.14. The molecule has 0 radical (unpaired) electrons. The number of imidazole rings is 1. The summed E-state index contributed by atoms with van der Waals surface area (Å²) in [5.74, 6) is 0. The van der Waals surface area contributed by atoms with Gasteiger partial charge in [-0.15, -0.1) is 0 Å². The van der Waals surface area contributed by atoms with E-state index in [1.165, 1.54) is 0 Å². The van der Waals surface area contributed by atoms with Crippen molar-refractivity contribution in [3.8, 4) is 0 Å². The number of hydrogen-bond donors (Lipinski definition) is 1. The molecule has 0 aliphatic carbocycles. The maximum atomic E-state index is 4.14. The van der Waals surface area contributed by atoms with Crippen molar-refractivity contribution < 1.29 is 0 Å². The maximum absolute atomic E-state index is 4.14. The summed E-state index contributed by atoms with van der Waals surface area (Å²) in [7, 11) is 3.88. The Labute approximate surface area is 66.8 Å². The third kappa shape index (κ3) is 2.55. The predicted octanol–water partition coefficient (Wildman–Crippen LogP) is 0.653. The number of likely N-dealkylation sites (N-methyl/N-ethyl adjacent to an activating group) is 1. The summed E-state index contributed by atoms with van der Waals surface area (Å²) in [5.41, 5.74) is 1.00. The van der Waals surface area contributed by atoms with Crippen molar-refractivity contribution >= 4 is 6.08 Å². The minimum Gasteiger partial charge on any atom is -0.340 e. The van der Waals surface area contributed by atoms with Gasteiger partial charge in [-0.05, 0) is 13.1 Å². The Kier molecular flexibility index (Phi) is 2.86. The first kappa shape index (κ1) is 8.01. The number of nitrogens with zero attached hydrogens (tertiary/aromatic N) is 2. The van der Waals surface area contributed by atoms with Crippen molar-refractivity contribution in [2.75, 3.05) is 13.6 Å². The van der Waals surface area contributed by atoms with Crippen LogP contribution in [0.3, 0.4) is 0 Å². The van der Waals surface area contributed by atoms with Crippen molar-refractivity contribution in [1.82, 2.24) is 14.9 Å². The lowest BCUT2D eigenvalue weighted by molar-refractivity contribution is 0.913. The summed E-state index contributed by atoms with van der Waals surface area (Å²) < 4.78 is 1.93. The van der Waals surface area contributed by atoms with E-state index >= 15 is 0 Å². The van der Waals surface area contributed by atoms with E-state index in [-0.39, 0.29) is 0 Å². The van der Waals surface area contributed by atoms with Crippen LogP contribution < -0.4 is 5.32 Å². The normalized spacial score (nSPS) is 11.1. The molecular weight excluding hydrogens is 138 g/mol. The van der Waals surface area contributed by atoms with Crippen molar-refractivity contribution in [2.45, 2.75) is 0 Å². The fraction of sp³-hybridized carbons (Fsp3) is 0.375. The zero-order valence-electron chi connectivity index (χ0n) is 6.91. The van der Waals surface area contributed by atoms with Crippen molar-refractivity contribution in [2.24, 2.45) is 7.05 Å². The lowest BCUT2D eigenvalue weighted by Gasteiger charge is -1.86. The summed E-state index contributed by atoms with van der Waals surface area (Å²) in [6.07, 6.45) is 7.81. The van der Waals surface area contributed by atoms with Crippen molar-refractivity contribution in [3.05, 3.63) is 24.3 Å². The molecule has 0 amide bonds. The van der Waals surface area contributed by atoms with Crippen LogP contribution in [-0.4, -0.2) is 23.1 Å². The quantitative estimate of drug-likeness (QED) is 0.687. The molecule has 3 nitrogen and oxygen atoms in total. The Morgan fingerprint density at radius 1 is 1.73 bits per heavy atom. The van der Waals surface area contributed by atoms with Gasteiger partial charge in [0.15, 0.2) is 0 Å². The van der Waals surface area contributed by atoms with Gasteiger partial charge in [-0.1, -0.05) is 6.08 Å². The molecule has 0 bridgehead atoms. The third-order valence-corrected chi connectivity index (χ3v) is 1.34. The molecule has 3 heteroatoms. The average molecular weight is 151 g/mol. The first-order valence-corrected chi connectivity index (χ1v) is 3.62. The van der Waals surface area contributed by atoms with Gasteiger partial charge >= 0.3 is 0 Å². The van der Waals surface area contributed by atoms with E-state index in [4.69, 9.17) is 0 Å². The molecule has 1 aromatic rings. The molecule has 0 atom stereocenters.